The summed E-state index contributed by atoms with van der Waals surface area (Å²) in [6.45, 7) is 0.967. The van der Waals surface area contributed by atoms with Crippen LogP contribution in [0.25, 0.3) is 16.9 Å². The molecule has 4 rings (SSSR count). The number of alkyl halides is 2. The number of carbonyl (C=O) groups excluding carboxylic acids is 1. The summed E-state index contributed by atoms with van der Waals surface area (Å²) in [5.41, 5.74) is 4.13. The lowest BCUT2D eigenvalue weighted by Crippen LogP contribution is -2.30. The Balaban J connectivity index is 1.53. The highest BCUT2D eigenvalue weighted by Crippen LogP contribution is 2.27. The third kappa shape index (κ3) is 5.35. The Bertz CT molecular complexity index is 1170. The second-order valence-corrected chi connectivity index (χ2v) is 8.55. The number of fused-ring (bicyclic) bond motifs is 1. The van der Waals surface area contributed by atoms with Gasteiger partial charge in [0.15, 0.2) is 5.65 Å². The molecule has 2 amide bonds. The number of amides is 2. The highest BCUT2D eigenvalue weighted by molar-refractivity contribution is 6.31. The molecule has 1 aliphatic rings. The molecular formula is C22H21Cl3N6O. The van der Waals surface area contributed by atoms with Gasteiger partial charge in [-0.1, -0.05) is 29.8 Å². The first kappa shape index (κ1) is 22.5. The number of urea groups is 1. The van der Waals surface area contributed by atoms with E-state index in [-0.39, 0.29) is 11.4 Å². The smallest absolute Gasteiger partial charge is 0.319 e. The van der Waals surface area contributed by atoms with Crippen LogP contribution < -0.4 is 16.0 Å². The lowest BCUT2D eigenvalue weighted by Gasteiger charge is -2.19. The van der Waals surface area contributed by atoms with E-state index in [1.807, 2.05) is 48.6 Å². The van der Waals surface area contributed by atoms with Crippen molar-refractivity contribution in [1.29, 1.82) is 0 Å². The minimum absolute atomic E-state index is 0.142. The number of benzene rings is 1. The van der Waals surface area contributed by atoms with Crippen LogP contribution in [0, 0.1) is 0 Å². The van der Waals surface area contributed by atoms with Crippen molar-refractivity contribution in [3.05, 3.63) is 65.4 Å². The maximum absolute atomic E-state index is 11.8. The number of halogens is 3. The molecule has 3 aromatic rings. The Kier molecular flexibility index (Phi) is 7.19. The van der Waals surface area contributed by atoms with Crippen molar-refractivity contribution < 1.29 is 4.79 Å². The van der Waals surface area contributed by atoms with Crippen molar-refractivity contribution in [2.75, 3.05) is 29.6 Å². The first-order valence-electron chi connectivity index (χ1n) is 10.0. The molecule has 0 saturated carbocycles. The summed E-state index contributed by atoms with van der Waals surface area (Å²) in [4.78, 5) is 16.5. The molecule has 2 heterocycles. The number of rotatable bonds is 7. The van der Waals surface area contributed by atoms with Gasteiger partial charge in [-0.05, 0) is 23.8 Å². The van der Waals surface area contributed by atoms with Crippen molar-refractivity contribution in [2.24, 2.45) is 0 Å². The van der Waals surface area contributed by atoms with Crippen LogP contribution in [0.15, 0.2) is 65.4 Å². The van der Waals surface area contributed by atoms with Crippen molar-refractivity contribution in [1.82, 2.24) is 19.9 Å². The molecule has 0 aliphatic heterocycles. The van der Waals surface area contributed by atoms with Crippen molar-refractivity contribution in [3.63, 3.8) is 0 Å². The third-order valence-corrected chi connectivity index (χ3v) is 5.81. The van der Waals surface area contributed by atoms with Gasteiger partial charge >= 0.3 is 6.03 Å². The van der Waals surface area contributed by atoms with Gasteiger partial charge in [-0.2, -0.15) is 9.61 Å². The fraction of sp³-hybridized carbons (Fsp3) is 0.227. The minimum Gasteiger partial charge on any atom is -0.366 e. The number of nitrogens with zero attached hydrogens (tertiary/aromatic N) is 3. The van der Waals surface area contributed by atoms with E-state index < -0.39 is 0 Å². The minimum atomic E-state index is -0.297. The van der Waals surface area contributed by atoms with Gasteiger partial charge in [-0.25, -0.2) is 9.78 Å². The predicted molar refractivity (Wildman–Crippen MR) is 131 cm³/mol. The highest BCUT2D eigenvalue weighted by atomic mass is 35.5. The van der Waals surface area contributed by atoms with Gasteiger partial charge in [0.2, 0.25) is 0 Å². The van der Waals surface area contributed by atoms with E-state index in [0.29, 0.717) is 31.1 Å². The number of carbonyl (C=O) groups is 1. The van der Waals surface area contributed by atoms with E-state index >= 15 is 0 Å². The van der Waals surface area contributed by atoms with Gasteiger partial charge in [0.25, 0.3) is 0 Å². The molecule has 0 radical (unpaired) electrons. The molecule has 1 unspecified atom stereocenters. The fourth-order valence-electron chi connectivity index (χ4n) is 3.28. The number of hydrogen-bond donors (Lipinski definition) is 3. The van der Waals surface area contributed by atoms with E-state index in [9.17, 15) is 4.79 Å². The van der Waals surface area contributed by atoms with Crippen LogP contribution in [0.5, 0.6) is 0 Å². The summed E-state index contributed by atoms with van der Waals surface area (Å²) >= 11 is 18.1. The van der Waals surface area contributed by atoms with Crippen LogP contribution in [0.4, 0.5) is 16.3 Å². The van der Waals surface area contributed by atoms with Gasteiger partial charge in [0.05, 0.1) is 17.3 Å². The van der Waals surface area contributed by atoms with Crippen LogP contribution in [-0.4, -0.2) is 45.0 Å². The van der Waals surface area contributed by atoms with Crippen molar-refractivity contribution in [3.8, 4) is 11.3 Å². The van der Waals surface area contributed by atoms with E-state index in [4.69, 9.17) is 39.8 Å². The number of hydrogen-bond acceptors (Lipinski definition) is 4. The van der Waals surface area contributed by atoms with Gasteiger partial charge in [-0.3, -0.25) is 0 Å². The normalized spacial score (nSPS) is 15.8. The average molecular weight is 492 g/mol. The maximum Gasteiger partial charge on any atom is 0.319 e. The molecular weight excluding hydrogens is 471 g/mol. The van der Waals surface area contributed by atoms with Gasteiger partial charge < -0.3 is 16.0 Å². The number of nitrogens with one attached hydrogen (secondary N) is 3. The van der Waals surface area contributed by atoms with Crippen LogP contribution >= 0.6 is 34.8 Å². The molecule has 32 heavy (non-hydrogen) atoms. The van der Waals surface area contributed by atoms with Crippen LogP contribution in [0.3, 0.4) is 0 Å². The molecule has 1 aromatic carbocycles. The molecule has 10 heteroatoms. The summed E-state index contributed by atoms with van der Waals surface area (Å²) in [7, 11) is 0. The molecule has 166 valence electrons. The Morgan fingerprint density at radius 1 is 1.19 bits per heavy atom. The predicted octanol–water partition coefficient (Wildman–Crippen LogP) is 5.23. The van der Waals surface area contributed by atoms with Crippen LogP contribution in [-0.2, 0) is 0 Å². The largest absolute Gasteiger partial charge is 0.366 e. The van der Waals surface area contributed by atoms with Crippen molar-refractivity contribution >= 4 is 58.0 Å². The second kappa shape index (κ2) is 10.3. The second-order valence-electron chi connectivity index (χ2n) is 7.16. The topological polar surface area (TPSA) is 83.4 Å². The Morgan fingerprint density at radius 2 is 2.00 bits per heavy atom. The Morgan fingerprint density at radius 3 is 2.75 bits per heavy atom. The first-order chi connectivity index (χ1) is 15.5. The molecule has 1 atom stereocenters. The summed E-state index contributed by atoms with van der Waals surface area (Å²) in [6.07, 6.45) is 6.16. The fourth-order valence-corrected chi connectivity index (χ4v) is 3.99. The monoisotopic (exact) mass is 490 g/mol. The third-order valence-electron chi connectivity index (χ3n) is 4.91. The molecule has 0 fully saturated rings. The quantitative estimate of drug-likeness (QED) is 0.395. The standard InChI is InChI=1S/C22H21Cl3N6O/c23-8-10-26-22(32)29-17-5-2-14(3-6-17)19-12-21(31-20(30-19)7-9-28-31)27-13-15-1-4-16(24)11-18(15)25/h1-7,9,12,18,27H,8,10-11,13H2,(H2,26,29,32). The van der Waals surface area contributed by atoms with Crippen molar-refractivity contribution in [2.45, 2.75) is 11.8 Å². The first-order valence-corrected chi connectivity index (χ1v) is 11.4. The Labute approximate surface area is 200 Å². The van der Waals surface area contributed by atoms with Gasteiger partial charge in [-0.15, -0.1) is 23.2 Å². The number of aromatic nitrogens is 3. The number of anilines is 2. The molecule has 7 nitrogen and oxygen atoms in total. The molecule has 0 spiro atoms. The zero-order chi connectivity index (χ0) is 22.5. The van der Waals surface area contributed by atoms with E-state index in [2.05, 4.69) is 21.0 Å². The summed E-state index contributed by atoms with van der Waals surface area (Å²) in [5.74, 6) is 1.15. The molecule has 0 saturated heterocycles. The molecule has 0 bridgehead atoms. The number of allylic oxidation sites excluding steroid dienone is 3. The van der Waals surface area contributed by atoms with E-state index in [1.54, 1.807) is 10.7 Å². The van der Waals surface area contributed by atoms with Crippen LogP contribution in [0.2, 0.25) is 0 Å². The molecule has 1 aliphatic carbocycles. The Hall–Kier alpha value is -2.74. The van der Waals surface area contributed by atoms with Gasteiger partial charge in [0, 0.05) is 53.8 Å². The van der Waals surface area contributed by atoms with Gasteiger partial charge in [0.1, 0.15) is 5.82 Å². The maximum atomic E-state index is 11.8. The summed E-state index contributed by atoms with van der Waals surface area (Å²) in [5, 5.41) is 13.8. The average Bonchev–Trinajstić information content (AvgIpc) is 3.26. The lowest BCUT2D eigenvalue weighted by atomic mass is 10.0. The zero-order valence-electron chi connectivity index (χ0n) is 17.0. The molecule has 3 N–H and O–H groups in total. The van der Waals surface area contributed by atoms with E-state index in [0.717, 1.165) is 33.3 Å². The lowest BCUT2D eigenvalue weighted by molar-refractivity contribution is 0.252. The van der Waals surface area contributed by atoms with Crippen LogP contribution in [0.1, 0.15) is 6.42 Å². The summed E-state index contributed by atoms with van der Waals surface area (Å²) in [6, 6.07) is 10.9. The molecule has 2 aromatic heterocycles. The summed E-state index contributed by atoms with van der Waals surface area (Å²) < 4.78 is 1.75. The SMILES string of the molecule is O=C(NCCCl)Nc1ccc(-c2cc(NCC3=CC=C(Cl)CC3Cl)n3nccc3n2)cc1. The zero-order valence-corrected chi connectivity index (χ0v) is 19.3. The van der Waals surface area contributed by atoms with E-state index in [1.165, 1.54) is 0 Å². The highest BCUT2D eigenvalue weighted by Gasteiger charge is 2.17.